The molecular formula is C11H17NO3S. The van der Waals surface area contributed by atoms with Crippen molar-refractivity contribution in [2.24, 2.45) is 5.41 Å². The largest absolute Gasteiger partial charge is 0.616 e. The molecule has 0 aromatic carbocycles. The van der Waals surface area contributed by atoms with Gasteiger partial charge in [0.1, 0.15) is 17.1 Å². The van der Waals surface area contributed by atoms with E-state index in [1.807, 2.05) is 0 Å². The van der Waals surface area contributed by atoms with Crippen molar-refractivity contribution in [2.45, 2.75) is 39.2 Å². The third-order valence-corrected chi connectivity index (χ3v) is 3.84. The Labute approximate surface area is 99.1 Å². The third-order valence-electron chi connectivity index (χ3n) is 2.52. The molecule has 0 radical (unpaired) electrons. The number of carbonyl (C=O) groups excluding carboxylic acids is 1. The second-order valence-corrected chi connectivity index (χ2v) is 6.74. The summed E-state index contributed by atoms with van der Waals surface area (Å²) in [4.78, 5) is 11.9. The number of hydrogen-bond donors (Lipinski definition) is 0. The van der Waals surface area contributed by atoms with Gasteiger partial charge in [0.25, 0.3) is 0 Å². The lowest BCUT2D eigenvalue weighted by atomic mass is 9.83. The van der Waals surface area contributed by atoms with Crippen molar-refractivity contribution in [3.05, 3.63) is 0 Å². The van der Waals surface area contributed by atoms with Crippen molar-refractivity contribution in [1.29, 1.82) is 5.26 Å². The first kappa shape index (κ1) is 13.3. The minimum absolute atomic E-state index is 0.338. The number of hydrogen-bond acceptors (Lipinski definition) is 4. The van der Waals surface area contributed by atoms with Gasteiger partial charge in [-0.15, -0.1) is 0 Å². The zero-order chi connectivity index (χ0) is 12.4. The maximum absolute atomic E-state index is 11.9. The van der Waals surface area contributed by atoms with E-state index in [0.717, 1.165) is 0 Å². The lowest BCUT2D eigenvalue weighted by Crippen LogP contribution is -2.42. The van der Waals surface area contributed by atoms with Gasteiger partial charge >= 0.3 is 5.97 Å². The molecule has 1 aliphatic rings. The number of esters is 1. The molecule has 0 aromatic rings. The van der Waals surface area contributed by atoms with Gasteiger partial charge < -0.3 is 9.29 Å². The molecule has 0 saturated carbocycles. The molecule has 1 aliphatic heterocycles. The van der Waals surface area contributed by atoms with E-state index in [0.29, 0.717) is 24.3 Å². The van der Waals surface area contributed by atoms with Crippen LogP contribution >= 0.6 is 0 Å². The van der Waals surface area contributed by atoms with Gasteiger partial charge in [0.05, 0.1) is 6.07 Å². The molecule has 4 nitrogen and oxygen atoms in total. The Bertz CT molecular complexity index is 308. The van der Waals surface area contributed by atoms with Gasteiger partial charge in [-0.25, -0.2) is 0 Å². The van der Waals surface area contributed by atoms with Gasteiger partial charge in [-0.1, -0.05) is 11.2 Å². The fourth-order valence-corrected chi connectivity index (χ4v) is 2.90. The van der Waals surface area contributed by atoms with E-state index in [1.54, 1.807) is 20.8 Å². The van der Waals surface area contributed by atoms with E-state index in [4.69, 9.17) is 10.00 Å². The Morgan fingerprint density at radius 2 is 1.94 bits per heavy atom. The van der Waals surface area contributed by atoms with Gasteiger partial charge in [0.2, 0.25) is 0 Å². The average molecular weight is 243 g/mol. The first-order chi connectivity index (χ1) is 7.29. The van der Waals surface area contributed by atoms with Crippen LogP contribution in [0.4, 0.5) is 0 Å². The highest BCUT2D eigenvalue weighted by Crippen LogP contribution is 2.34. The van der Waals surface area contributed by atoms with Gasteiger partial charge in [-0.05, 0) is 20.8 Å². The lowest BCUT2D eigenvalue weighted by molar-refractivity contribution is -0.164. The minimum Gasteiger partial charge on any atom is -0.616 e. The fraction of sp³-hybridized carbons (Fsp3) is 0.818. The van der Waals surface area contributed by atoms with Crippen molar-refractivity contribution in [3.8, 4) is 6.07 Å². The molecule has 1 rings (SSSR count). The molecule has 0 atom stereocenters. The quantitative estimate of drug-likeness (QED) is 0.515. The van der Waals surface area contributed by atoms with Crippen LogP contribution in [0.5, 0.6) is 0 Å². The molecule has 0 spiro atoms. The molecule has 0 unspecified atom stereocenters. The Balaban J connectivity index is 2.75. The van der Waals surface area contributed by atoms with Crippen LogP contribution < -0.4 is 0 Å². The van der Waals surface area contributed by atoms with E-state index in [2.05, 4.69) is 6.07 Å². The maximum atomic E-state index is 11.9. The summed E-state index contributed by atoms with van der Waals surface area (Å²) in [5, 5.41) is 9.15. The summed E-state index contributed by atoms with van der Waals surface area (Å²) in [7, 11) is 0. The topological polar surface area (TPSA) is 73.2 Å². The molecule has 5 heteroatoms. The Morgan fingerprint density at radius 3 is 2.31 bits per heavy atom. The lowest BCUT2D eigenvalue weighted by Gasteiger charge is -2.32. The van der Waals surface area contributed by atoms with Crippen LogP contribution in [0.1, 0.15) is 33.6 Å². The fourth-order valence-electron chi connectivity index (χ4n) is 1.54. The molecule has 0 N–H and O–H groups in total. The minimum atomic E-state index is -1.08. The summed E-state index contributed by atoms with van der Waals surface area (Å²) in [6, 6.07) is 2.05. The predicted octanol–water partition coefficient (Wildman–Crippen LogP) is 1.38. The second kappa shape index (κ2) is 4.64. The molecular weight excluding hydrogens is 226 g/mol. The molecule has 1 heterocycles. The van der Waals surface area contributed by atoms with Gasteiger partial charge in [-0.2, -0.15) is 5.26 Å². The SMILES string of the molecule is CC(C)(C)OC(=O)C1(C#N)CC[S+]([O-])CC1. The predicted molar refractivity (Wildman–Crippen MR) is 61.0 cm³/mol. The number of carbonyl (C=O) groups is 1. The van der Waals surface area contributed by atoms with E-state index < -0.39 is 28.2 Å². The van der Waals surface area contributed by atoms with Crippen LogP contribution in [0.25, 0.3) is 0 Å². The summed E-state index contributed by atoms with van der Waals surface area (Å²) in [6.07, 6.45) is 0.677. The zero-order valence-corrected chi connectivity index (χ0v) is 10.7. The highest BCUT2D eigenvalue weighted by Gasteiger charge is 2.46. The molecule has 90 valence electrons. The van der Waals surface area contributed by atoms with E-state index in [-0.39, 0.29) is 0 Å². The monoisotopic (exact) mass is 243 g/mol. The number of ether oxygens (including phenoxy) is 1. The zero-order valence-electron chi connectivity index (χ0n) is 9.91. The third kappa shape index (κ3) is 3.13. The van der Waals surface area contributed by atoms with Crippen molar-refractivity contribution >= 4 is 17.1 Å². The highest BCUT2D eigenvalue weighted by atomic mass is 32.2. The van der Waals surface area contributed by atoms with Crippen molar-refractivity contribution < 1.29 is 14.1 Å². The van der Waals surface area contributed by atoms with Crippen LogP contribution in [0.2, 0.25) is 0 Å². The van der Waals surface area contributed by atoms with Gasteiger partial charge in [0, 0.05) is 12.8 Å². The maximum Gasteiger partial charge on any atom is 0.327 e. The Hall–Kier alpha value is -0.730. The van der Waals surface area contributed by atoms with Crippen LogP contribution in [-0.4, -0.2) is 27.6 Å². The summed E-state index contributed by atoms with van der Waals surface area (Å²) in [6.45, 7) is 5.32. The van der Waals surface area contributed by atoms with Crippen molar-refractivity contribution in [3.63, 3.8) is 0 Å². The standard InChI is InChI=1S/C11H17NO3S/c1-10(2,3)15-9(13)11(8-12)4-6-16(14)7-5-11/h4-7H2,1-3H3. The molecule has 0 bridgehead atoms. The normalized spacial score (nSPS) is 30.6. The van der Waals surface area contributed by atoms with E-state index in [9.17, 15) is 9.35 Å². The van der Waals surface area contributed by atoms with E-state index in [1.165, 1.54) is 0 Å². The highest BCUT2D eigenvalue weighted by molar-refractivity contribution is 7.91. The first-order valence-electron chi connectivity index (χ1n) is 5.29. The van der Waals surface area contributed by atoms with Crippen LogP contribution in [0.3, 0.4) is 0 Å². The van der Waals surface area contributed by atoms with Crippen molar-refractivity contribution in [2.75, 3.05) is 11.5 Å². The number of rotatable bonds is 1. The number of nitriles is 1. The molecule has 0 aliphatic carbocycles. The molecule has 0 aromatic heterocycles. The van der Waals surface area contributed by atoms with Gasteiger partial charge in [0.15, 0.2) is 5.41 Å². The van der Waals surface area contributed by atoms with E-state index >= 15 is 0 Å². The smallest absolute Gasteiger partial charge is 0.327 e. The molecule has 1 saturated heterocycles. The summed E-state index contributed by atoms with van der Waals surface area (Å²) < 4.78 is 16.5. The first-order valence-corrected chi connectivity index (χ1v) is 6.78. The van der Waals surface area contributed by atoms with Crippen LogP contribution in [-0.2, 0) is 20.7 Å². The van der Waals surface area contributed by atoms with Crippen LogP contribution in [0.15, 0.2) is 0 Å². The summed E-state index contributed by atoms with van der Waals surface area (Å²) in [5.74, 6) is 0.346. The van der Waals surface area contributed by atoms with Crippen molar-refractivity contribution in [1.82, 2.24) is 0 Å². The summed E-state index contributed by atoms with van der Waals surface area (Å²) >= 11 is -0.887. The Kier molecular flexibility index (Phi) is 3.87. The van der Waals surface area contributed by atoms with Gasteiger partial charge in [-0.3, -0.25) is 4.79 Å². The Morgan fingerprint density at radius 1 is 1.44 bits per heavy atom. The average Bonchev–Trinajstić information content (AvgIpc) is 2.17. The van der Waals surface area contributed by atoms with Crippen LogP contribution in [0, 0.1) is 16.7 Å². The summed E-state index contributed by atoms with van der Waals surface area (Å²) in [5.41, 5.74) is -1.67. The molecule has 0 amide bonds. The second-order valence-electron chi connectivity index (χ2n) is 5.04. The molecule has 1 fully saturated rings. The number of nitrogens with zero attached hydrogens (tertiary/aromatic N) is 1. The molecule has 16 heavy (non-hydrogen) atoms.